The van der Waals surface area contributed by atoms with Gasteiger partial charge in [-0.25, -0.2) is 8.81 Å². The fraction of sp³-hybridized carbons (Fsp3) is 0.600. The van der Waals surface area contributed by atoms with Crippen LogP contribution in [-0.4, -0.2) is 36.3 Å². The molecule has 1 amide bonds. The normalized spacial score (nSPS) is 20.9. The highest BCUT2D eigenvalue weighted by Gasteiger charge is 2.33. The first-order valence-electron chi connectivity index (χ1n) is 7.59. The van der Waals surface area contributed by atoms with E-state index >= 15 is 0 Å². The second kappa shape index (κ2) is 8.29. The molecule has 1 aromatic heterocycles. The van der Waals surface area contributed by atoms with Crippen molar-refractivity contribution in [3.8, 4) is 5.88 Å². The van der Waals surface area contributed by atoms with Crippen molar-refractivity contribution in [3.05, 3.63) is 18.2 Å². The summed E-state index contributed by atoms with van der Waals surface area (Å²) in [5.41, 5.74) is 0. The highest BCUT2D eigenvalue weighted by Crippen LogP contribution is 2.21. The van der Waals surface area contributed by atoms with Crippen molar-refractivity contribution < 1.29 is 13.9 Å². The summed E-state index contributed by atoms with van der Waals surface area (Å²) in [6.07, 6.45) is 2.29. The van der Waals surface area contributed by atoms with Crippen LogP contribution in [0, 0.1) is 0 Å². The molecule has 0 saturated carbocycles. The Kier molecular flexibility index (Phi) is 6.39. The average molecular weight is 330 g/mol. The monoisotopic (exact) mass is 329 g/mol. The molecule has 1 N–H and O–H groups in total. The summed E-state index contributed by atoms with van der Waals surface area (Å²) < 4.78 is 19.6. The molecule has 1 aliphatic heterocycles. The molecule has 122 valence electrons. The van der Waals surface area contributed by atoms with E-state index in [0.717, 1.165) is 23.7 Å². The summed E-state index contributed by atoms with van der Waals surface area (Å²) in [6, 6.07) is 4.45. The molecule has 0 spiro atoms. The molecule has 2 heterocycles. The number of anilines is 1. The fourth-order valence-corrected chi connectivity index (χ4v) is 2.46. The Morgan fingerprint density at radius 1 is 1.55 bits per heavy atom. The third-order valence-electron chi connectivity index (χ3n) is 3.48. The van der Waals surface area contributed by atoms with Crippen LogP contribution < -0.4 is 14.5 Å². The SMILES string of the molecule is CCCCCOc1cccc(N(Cl)C(=O)[C@@H]2C[C@@H](F)CN2)n1. The van der Waals surface area contributed by atoms with E-state index in [4.69, 9.17) is 16.5 Å². The van der Waals surface area contributed by atoms with Gasteiger partial charge in [0.05, 0.1) is 12.6 Å². The molecule has 1 aliphatic rings. The molecule has 22 heavy (non-hydrogen) atoms. The smallest absolute Gasteiger partial charge is 0.260 e. The van der Waals surface area contributed by atoms with Gasteiger partial charge in [-0.1, -0.05) is 25.8 Å². The molecule has 2 atom stereocenters. The lowest BCUT2D eigenvalue weighted by atomic mass is 10.2. The number of pyridine rings is 1. The first-order valence-corrected chi connectivity index (χ1v) is 7.92. The summed E-state index contributed by atoms with van der Waals surface area (Å²) in [5, 5.41) is 2.81. The van der Waals surface area contributed by atoms with Crippen LogP contribution >= 0.6 is 11.8 Å². The summed E-state index contributed by atoms with van der Waals surface area (Å²) in [5.74, 6) is 0.302. The first-order chi connectivity index (χ1) is 10.6. The van der Waals surface area contributed by atoms with Crippen molar-refractivity contribution >= 4 is 23.5 Å². The van der Waals surface area contributed by atoms with Gasteiger partial charge in [0.15, 0.2) is 5.82 Å². The molecule has 1 aromatic rings. The van der Waals surface area contributed by atoms with E-state index in [2.05, 4.69) is 17.2 Å². The highest BCUT2D eigenvalue weighted by molar-refractivity contribution is 6.37. The molecule has 0 unspecified atom stereocenters. The van der Waals surface area contributed by atoms with Gasteiger partial charge in [0.25, 0.3) is 5.91 Å². The van der Waals surface area contributed by atoms with E-state index in [1.807, 2.05) is 0 Å². The molecule has 5 nitrogen and oxygen atoms in total. The Morgan fingerprint density at radius 3 is 3.05 bits per heavy atom. The Labute approximate surface area is 134 Å². The van der Waals surface area contributed by atoms with Gasteiger partial charge < -0.3 is 10.1 Å². The molecule has 1 saturated heterocycles. The molecule has 1 fully saturated rings. The number of nitrogens with one attached hydrogen (secondary N) is 1. The van der Waals surface area contributed by atoms with E-state index in [1.165, 1.54) is 0 Å². The molecule has 2 rings (SSSR count). The van der Waals surface area contributed by atoms with Gasteiger partial charge in [-0.05, 0) is 12.5 Å². The second-order valence-corrected chi connectivity index (χ2v) is 5.64. The lowest BCUT2D eigenvalue weighted by Gasteiger charge is -2.17. The third kappa shape index (κ3) is 4.55. The van der Waals surface area contributed by atoms with Gasteiger partial charge in [-0.15, -0.1) is 0 Å². The highest BCUT2D eigenvalue weighted by atomic mass is 35.5. The Morgan fingerprint density at radius 2 is 2.36 bits per heavy atom. The maximum atomic E-state index is 13.2. The van der Waals surface area contributed by atoms with Crippen molar-refractivity contribution in [1.82, 2.24) is 10.3 Å². The first kappa shape index (κ1) is 17.0. The molecular weight excluding hydrogens is 309 g/mol. The van der Waals surface area contributed by atoms with Gasteiger partial charge in [0, 0.05) is 30.8 Å². The number of nitrogens with zero attached hydrogens (tertiary/aromatic N) is 2. The van der Waals surface area contributed by atoms with Crippen molar-refractivity contribution in [2.24, 2.45) is 0 Å². The number of carbonyl (C=O) groups excluding carboxylic acids is 1. The van der Waals surface area contributed by atoms with Crippen molar-refractivity contribution in [1.29, 1.82) is 0 Å². The Hall–Kier alpha value is -1.40. The molecular formula is C15H21ClFN3O2. The predicted molar refractivity (Wildman–Crippen MR) is 83.9 cm³/mol. The van der Waals surface area contributed by atoms with Gasteiger partial charge in [-0.2, -0.15) is 4.98 Å². The summed E-state index contributed by atoms with van der Waals surface area (Å²) in [7, 11) is 0. The van der Waals surface area contributed by atoms with E-state index in [0.29, 0.717) is 12.5 Å². The van der Waals surface area contributed by atoms with Gasteiger partial charge in [0.1, 0.15) is 6.17 Å². The zero-order chi connectivity index (χ0) is 15.9. The number of hydrogen-bond acceptors (Lipinski definition) is 4. The van der Waals surface area contributed by atoms with Crippen LogP contribution in [0.25, 0.3) is 0 Å². The topological polar surface area (TPSA) is 54.5 Å². The predicted octanol–water partition coefficient (Wildman–Crippen LogP) is 2.84. The van der Waals surface area contributed by atoms with Gasteiger partial charge in [-0.3, -0.25) is 4.79 Å². The standard InChI is InChI=1S/C15H21ClFN3O2/c1-2-3-4-8-22-14-7-5-6-13(19-14)20(16)15(21)12-9-11(17)10-18-12/h5-7,11-12,18H,2-4,8-10H2,1H3/t11-,12+/m1/s1. The third-order valence-corrected chi connectivity index (χ3v) is 3.82. The number of alkyl halides is 1. The number of unbranched alkanes of at least 4 members (excludes halogenated alkanes) is 2. The van der Waals surface area contributed by atoms with Crippen molar-refractivity contribution in [2.45, 2.75) is 44.8 Å². The average Bonchev–Trinajstić information content (AvgIpc) is 2.97. The molecule has 0 bridgehead atoms. The quantitative estimate of drug-likeness (QED) is 0.617. The second-order valence-electron chi connectivity index (χ2n) is 5.30. The zero-order valence-electron chi connectivity index (χ0n) is 12.6. The molecule has 7 heteroatoms. The minimum Gasteiger partial charge on any atom is -0.478 e. The molecule has 0 aromatic carbocycles. The van der Waals surface area contributed by atoms with Crippen LogP contribution in [-0.2, 0) is 4.79 Å². The van der Waals surface area contributed by atoms with Crippen LogP contribution in [0.15, 0.2) is 18.2 Å². The van der Waals surface area contributed by atoms with Gasteiger partial charge >= 0.3 is 0 Å². The number of aromatic nitrogens is 1. The summed E-state index contributed by atoms with van der Waals surface area (Å²) in [6.45, 7) is 2.87. The van der Waals surface area contributed by atoms with E-state index < -0.39 is 18.1 Å². The van der Waals surface area contributed by atoms with Crippen molar-refractivity contribution in [3.63, 3.8) is 0 Å². The van der Waals surface area contributed by atoms with Crippen LogP contribution in [0.5, 0.6) is 5.88 Å². The van der Waals surface area contributed by atoms with Gasteiger partial charge in [0.2, 0.25) is 5.88 Å². The Bertz CT molecular complexity index is 503. The molecule has 0 radical (unpaired) electrons. The number of hydrogen-bond donors (Lipinski definition) is 1. The number of amides is 1. The van der Waals surface area contributed by atoms with E-state index in [-0.39, 0.29) is 18.8 Å². The van der Waals surface area contributed by atoms with Crippen LogP contribution in [0.3, 0.4) is 0 Å². The van der Waals surface area contributed by atoms with E-state index in [1.54, 1.807) is 18.2 Å². The fourth-order valence-electron chi connectivity index (χ4n) is 2.25. The van der Waals surface area contributed by atoms with Crippen molar-refractivity contribution in [2.75, 3.05) is 17.6 Å². The molecule has 0 aliphatic carbocycles. The summed E-state index contributed by atoms with van der Waals surface area (Å²) >= 11 is 6.04. The number of carbonyl (C=O) groups is 1. The largest absolute Gasteiger partial charge is 0.478 e. The maximum absolute atomic E-state index is 13.2. The number of rotatable bonds is 7. The van der Waals surface area contributed by atoms with Crippen LogP contribution in [0.1, 0.15) is 32.6 Å². The maximum Gasteiger partial charge on any atom is 0.260 e. The minimum absolute atomic E-state index is 0.134. The number of halogens is 2. The number of ether oxygens (including phenoxy) is 1. The van der Waals surface area contributed by atoms with Crippen LogP contribution in [0.4, 0.5) is 10.2 Å². The van der Waals surface area contributed by atoms with E-state index in [9.17, 15) is 9.18 Å². The Balaban J connectivity index is 1.94. The minimum atomic E-state index is -1.01. The lowest BCUT2D eigenvalue weighted by Crippen LogP contribution is -2.39. The lowest BCUT2D eigenvalue weighted by molar-refractivity contribution is -0.119. The summed E-state index contributed by atoms with van der Waals surface area (Å²) in [4.78, 5) is 16.4. The van der Waals surface area contributed by atoms with Crippen LogP contribution in [0.2, 0.25) is 0 Å². The zero-order valence-corrected chi connectivity index (χ0v) is 13.4.